The lowest BCUT2D eigenvalue weighted by atomic mass is 10.3. The highest BCUT2D eigenvalue weighted by Gasteiger charge is 2.33. The Bertz CT molecular complexity index is 176. The first kappa shape index (κ1) is 10.2. The van der Waals surface area contributed by atoms with Crippen LogP contribution in [0.3, 0.4) is 0 Å². The zero-order valence-corrected chi connectivity index (χ0v) is 7.09. The van der Waals surface area contributed by atoms with Gasteiger partial charge in [-0.15, -0.1) is 0 Å². The van der Waals surface area contributed by atoms with Gasteiger partial charge in [0.05, 0.1) is 31.9 Å². The van der Waals surface area contributed by atoms with E-state index in [0.29, 0.717) is 0 Å². The number of likely N-dealkylation sites (tertiary alicyclic amines) is 1. The number of ether oxygens (including phenoxy) is 1. The van der Waals surface area contributed by atoms with Crippen LogP contribution in [0.2, 0.25) is 0 Å². The van der Waals surface area contributed by atoms with Gasteiger partial charge in [-0.3, -0.25) is 0 Å². The fraction of sp³-hybridized carbons (Fsp3) is 0.857. The average molecular weight is 191 g/mol. The van der Waals surface area contributed by atoms with Crippen molar-refractivity contribution in [2.45, 2.75) is 12.2 Å². The summed E-state index contributed by atoms with van der Waals surface area (Å²) >= 11 is 0. The lowest BCUT2D eigenvalue weighted by Crippen LogP contribution is -2.31. The lowest BCUT2D eigenvalue weighted by Gasteiger charge is -2.14. The molecule has 76 valence electrons. The SMILES string of the molecule is O=C(OCCO)N1CC(O)C(O)C1. The molecule has 0 saturated carbocycles. The van der Waals surface area contributed by atoms with Crippen LogP contribution in [0, 0.1) is 0 Å². The van der Waals surface area contributed by atoms with Crippen LogP contribution in [0.5, 0.6) is 0 Å². The first-order chi connectivity index (χ1) is 6.15. The number of hydrogen-bond donors (Lipinski definition) is 3. The summed E-state index contributed by atoms with van der Waals surface area (Å²) in [6, 6.07) is 0. The molecule has 3 N–H and O–H groups in total. The summed E-state index contributed by atoms with van der Waals surface area (Å²) in [5, 5.41) is 26.6. The predicted octanol–water partition coefficient (Wildman–Crippen LogP) is -1.85. The molecule has 1 amide bonds. The summed E-state index contributed by atoms with van der Waals surface area (Å²) in [5.74, 6) is 0. The van der Waals surface area contributed by atoms with Gasteiger partial charge in [0.25, 0.3) is 0 Å². The van der Waals surface area contributed by atoms with Crippen molar-refractivity contribution in [3.8, 4) is 0 Å². The van der Waals surface area contributed by atoms with E-state index < -0.39 is 18.3 Å². The van der Waals surface area contributed by atoms with Crippen LogP contribution >= 0.6 is 0 Å². The molecule has 6 heteroatoms. The molecule has 2 unspecified atom stereocenters. The summed E-state index contributed by atoms with van der Waals surface area (Å²) < 4.78 is 4.59. The van der Waals surface area contributed by atoms with Gasteiger partial charge in [-0.2, -0.15) is 0 Å². The normalized spacial score (nSPS) is 27.8. The Kier molecular flexibility index (Phi) is 3.47. The predicted molar refractivity (Wildman–Crippen MR) is 42.0 cm³/mol. The third kappa shape index (κ3) is 2.55. The number of rotatable bonds is 2. The van der Waals surface area contributed by atoms with Crippen LogP contribution in [0.15, 0.2) is 0 Å². The molecule has 1 rings (SSSR count). The number of carbonyl (C=O) groups is 1. The molecule has 0 aromatic heterocycles. The van der Waals surface area contributed by atoms with Crippen molar-refractivity contribution < 1.29 is 24.9 Å². The van der Waals surface area contributed by atoms with Crippen LogP contribution in [0.4, 0.5) is 4.79 Å². The number of carbonyl (C=O) groups excluding carboxylic acids is 1. The van der Waals surface area contributed by atoms with E-state index in [2.05, 4.69) is 4.74 Å². The van der Waals surface area contributed by atoms with E-state index >= 15 is 0 Å². The molecule has 0 bridgehead atoms. The Balaban J connectivity index is 2.33. The van der Waals surface area contributed by atoms with Crippen molar-refractivity contribution in [2.75, 3.05) is 26.3 Å². The summed E-state index contributed by atoms with van der Waals surface area (Å²) in [6.45, 7) is -0.150. The van der Waals surface area contributed by atoms with Gasteiger partial charge in [0, 0.05) is 0 Å². The topological polar surface area (TPSA) is 90.2 Å². The molecule has 0 radical (unpaired) electrons. The van der Waals surface area contributed by atoms with Crippen LogP contribution < -0.4 is 0 Å². The Morgan fingerprint density at radius 2 is 1.92 bits per heavy atom. The second-order valence-corrected chi connectivity index (χ2v) is 2.88. The summed E-state index contributed by atoms with van der Waals surface area (Å²) in [5.41, 5.74) is 0. The molecule has 1 heterocycles. The van der Waals surface area contributed by atoms with Crippen molar-refractivity contribution in [3.05, 3.63) is 0 Å². The minimum absolute atomic E-state index is 0.0679. The lowest BCUT2D eigenvalue weighted by molar-refractivity contribution is 0.0572. The van der Waals surface area contributed by atoms with Crippen molar-refractivity contribution in [1.29, 1.82) is 0 Å². The Morgan fingerprint density at radius 3 is 2.38 bits per heavy atom. The molecule has 1 aliphatic rings. The Morgan fingerprint density at radius 1 is 1.38 bits per heavy atom. The molecular formula is C7H13NO5. The van der Waals surface area contributed by atoms with E-state index in [-0.39, 0.29) is 26.3 Å². The minimum atomic E-state index is -0.901. The number of hydrogen-bond acceptors (Lipinski definition) is 5. The second kappa shape index (κ2) is 4.40. The van der Waals surface area contributed by atoms with E-state index in [1.54, 1.807) is 0 Å². The summed E-state index contributed by atoms with van der Waals surface area (Å²) in [7, 11) is 0. The van der Waals surface area contributed by atoms with Crippen LogP contribution in [0.25, 0.3) is 0 Å². The number of aliphatic hydroxyl groups excluding tert-OH is 3. The Hall–Kier alpha value is -0.850. The molecule has 0 aromatic rings. The van der Waals surface area contributed by atoms with Crippen LogP contribution in [-0.2, 0) is 4.74 Å². The second-order valence-electron chi connectivity index (χ2n) is 2.88. The minimum Gasteiger partial charge on any atom is -0.447 e. The van der Waals surface area contributed by atoms with Crippen LogP contribution in [-0.4, -0.2) is 64.8 Å². The highest BCUT2D eigenvalue weighted by Crippen LogP contribution is 2.10. The largest absolute Gasteiger partial charge is 0.447 e. The first-order valence-electron chi connectivity index (χ1n) is 4.04. The summed E-state index contributed by atoms with van der Waals surface area (Å²) in [6.07, 6.45) is -2.42. The Labute approximate surface area is 75.3 Å². The van der Waals surface area contributed by atoms with Gasteiger partial charge in [0.2, 0.25) is 0 Å². The number of aliphatic hydroxyl groups is 3. The third-order valence-corrected chi connectivity index (χ3v) is 1.83. The smallest absolute Gasteiger partial charge is 0.410 e. The van der Waals surface area contributed by atoms with Crippen molar-refractivity contribution >= 4 is 6.09 Å². The molecule has 1 saturated heterocycles. The van der Waals surface area contributed by atoms with Gasteiger partial charge >= 0.3 is 6.09 Å². The van der Waals surface area contributed by atoms with Gasteiger partial charge in [0.1, 0.15) is 6.61 Å². The van der Waals surface area contributed by atoms with Gasteiger partial charge in [0.15, 0.2) is 0 Å². The van der Waals surface area contributed by atoms with Crippen molar-refractivity contribution in [3.63, 3.8) is 0 Å². The molecule has 0 aromatic carbocycles. The molecular weight excluding hydrogens is 178 g/mol. The molecule has 2 atom stereocenters. The molecule has 13 heavy (non-hydrogen) atoms. The zero-order valence-electron chi connectivity index (χ0n) is 7.09. The fourth-order valence-electron chi connectivity index (χ4n) is 1.14. The molecule has 6 nitrogen and oxygen atoms in total. The number of amides is 1. The molecule has 1 aliphatic heterocycles. The molecule has 0 spiro atoms. The van der Waals surface area contributed by atoms with E-state index in [1.807, 2.05) is 0 Å². The maximum absolute atomic E-state index is 11.1. The first-order valence-corrected chi connectivity index (χ1v) is 4.04. The van der Waals surface area contributed by atoms with Gasteiger partial charge in [-0.25, -0.2) is 4.79 Å². The van der Waals surface area contributed by atoms with Gasteiger partial charge in [-0.05, 0) is 0 Å². The van der Waals surface area contributed by atoms with Crippen molar-refractivity contribution in [2.24, 2.45) is 0 Å². The van der Waals surface area contributed by atoms with E-state index in [1.165, 1.54) is 4.90 Å². The van der Waals surface area contributed by atoms with E-state index in [9.17, 15) is 4.79 Å². The summed E-state index contributed by atoms with van der Waals surface area (Å²) in [4.78, 5) is 12.3. The molecule has 0 aliphatic carbocycles. The monoisotopic (exact) mass is 191 g/mol. The highest BCUT2D eigenvalue weighted by molar-refractivity contribution is 5.68. The number of β-amino-alcohol motifs (C(OH)–C–C–N with tert-alkyl or cyclic N) is 2. The van der Waals surface area contributed by atoms with Gasteiger partial charge in [-0.1, -0.05) is 0 Å². The van der Waals surface area contributed by atoms with Crippen LogP contribution in [0.1, 0.15) is 0 Å². The maximum atomic E-state index is 11.1. The highest BCUT2D eigenvalue weighted by atomic mass is 16.6. The zero-order chi connectivity index (χ0) is 9.84. The quantitative estimate of drug-likeness (QED) is 0.477. The number of nitrogens with zero attached hydrogens (tertiary/aromatic N) is 1. The average Bonchev–Trinajstić information content (AvgIpc) is 2.43. The standard InChI is InChI=1S/C7H13NO5/c9-1-2-13-7(12)8-3-5(10)6(11)4-8/h5-6,9-11H,1-4H2. The molecule has 1 fully saturated rings. The third-order valence-electron chi connectivity index (χ3n) is 1.83. The van der Waals surface area contributed by atoms with E-state index in [4.69, 9.17) is 15.3 Å². The fourth-order valence-corrected chi connectivity index (χ4v) is 1.14. The van der Waals surface area contributed by atoms with Crippen molar-refractivity contribution in [1.82, 2.24) is 4.90 Å². The van der Waals surface area contributed by atoms with Gasteiger partial charge < -0.3 is 25.0 Å². The van der Waals surface area contributed by atoms with E-state index in [0.717, 1.165) is 0 Å². The maximum Gasteiger partial charge on any atom is 0.410 e.